The minimum Gasteiger partial charge on any atom is -0.321 e. The van der Waals surface area contributed by atoms with Gasteiger partial charge in [0.2, 0.25) is 0 Å². The zero-order valence-electron chi connectivity index (χ0n) is 12.0. The van der Waals surface area contributed by atoms with E-state index in [1.807, 2.05) is 0 Å². The second-order valence-electron chi connectivity index (χ2n) is 5.00. The van der Waals surface area contributed by atoms with Crippen LogP contribution in [0.2, 0.25) is 0 Å². The number of pyridine rings is 2. The molecule has 0 atom stereocenters. The molecular weight excluding hydrogens is 365 g/mol. The van der Waals surface area contributed by atoms with Gasteiger partial charge in [-0.1, -0.05) is 0 Å². The Hall–Kier alpha value is -2.54. The Morgan fingerprint density at radius 3 is 2.87 bits per heavy atom. The van der Waals surface area contributed by atoms with Gasteiger partial charge in [-0.05, 0) is 45.6 Å². The van der Waals surface area contributed by atoms with E-state index < -0.39 is 11.7 Å². The average Bonchev–Trinajstić information content (AvgIpc) is 2.51. The van der Waals surface area contributed by atoms with Gasteiger partial charge < -0.3 is 9.88 Å². The Morgan fingerprint density at radius 1 is 1.35 bits per heavy atom. The average molecular weight is 376 g/mol. The van der Waals surface area contributed by atoms with Gasteiger partial charge in [0.15, 0.2) is 0 Å². The van der Waals surface area contributed by atoms with Crippen LogP contribution in [0.3, 0.4) is 0 Å². The van der Waals surface area contributed by atoms with Gasteiger partial charge in [-0.3, -0.25) is 14.6 Å². The molecule has 0 aliphatic carbocycles. The van der Waals surface area contributed by atoms with Crippen molar-refractivity contribution in [3.8, 4) is 0 Å². The predicted octanol–water partition coefficient (Wildman–Crippen LogP) is 3.09. The summed E-state index contributed by atoms with van der Waals surface area (Å²) < 4.78 is 15.4. The van der Waals surface area contributed by atoms with Crippen molar-refractivity contribution in [3.63, 3.8) is 0 Å². The van der Waals surface area contributed by atoms with Crippen LogP contribution in [0.5, 0.6) is 0 Å². The van der Waals surface area contributed by atoms with Crippen LogP contribution in [-0.2, 0) is 7.05 Å². The number of aryl methyl sites for hydroxylation is 1. The van der Waals surface area contributed by atoms with E-state index in [1.54, 1.807) is 19.3 Å². The van der Waals surface area contributed by atoms with Gasteiger partial charge >= 0.3 is 0 Å². The number of aromatic nitrogens is 2. The van der Waals surface area contributed by atoms with Crippen molar-refractivity contribution in [1.29, 1.82) is 0 Å². The van der Waals surface area contributed by atoms with Crippen molar-refractivity contribution in [1.82, 2.24) is 9.55 Å². The highest BCUT2D eigenvalue weighted by Crippen LogP contribution is 2.21. The number of carbonyl (C=O) groups is 1. The number of halogens is 2. The largest absolute Gasteiger partial charge is 0.321 e. The molecule has 0 unspecified atom stereocenters. The lowest BCUT2D eigenvalue weighted by molar-refractivity contribution is 0.102. The fraction of sp³-hybridized carbons (Fsp3) is 0.0625. The SMILES string of the molecule is Cn1cc(NC(=O)c2cc(F)cc3cnccc23)cc(Br)c1=O. The second kappa shape index (κ2) is 5.92. The molecule has 7 heteroatoms. The van der Waals surface area contributed by atoms with Gasteiger partial charge in [0.25, 0.3) is 11.5 Å². The lowest BCUT2D eigenvalue weighted by atomic mass is 10.1. The number of hydrogen-bond donors (Lipinski definition) is 1. The number of anilines is 1. The molecule has 3 aromatic rings. The third-order valence-electron chi connectivity index (χ3n) is 3.36. The Kier molecular flexibility index (Phi) is 3.96. The maximum Gasteiger partial charge on any atom is 0.264 e. The third-order valence-corrected chi connectivity index (χ3v) is 3.93. The van der Waals surface area contributed by atoms with Crippen LogP contribution < -0.4 is 10.9 Å². The van der Waals surface area contributed by atoms with Crippen LogP contribution >= 0.6 is 15.9 Å². The molecular formula is C16H11BrFN3O2. The Morgan fingerprint density at radius 2 is 2.13 bits per heavy atom. The lowest BCUT2D eigenvalue weighted by Crippen LogP contribution is -2.19. The van der Waals surface area contributed by atoms with E-state index in [4.69, 9.17) is 0 Å². The van der Waals surface area contributed by atoms with E-state index in [9.17, 15) is 14.0 Å². The minimum absolute atomic E-state index is 0.201. The summed E-state index contributed by atoms with van der Waals surface area (Å²) in [5.41, 5.74) is 0.410. The number of hydrogen-bond acceptors (Lipinski definition) is 3. The third kappa shape index (κ3) is 3.00. The molecule has 0 bridgehead atoms. The molecule has 0 aliphatic rings. The minimum atomic E-state index is -0.516. The highest BCUT2D eigenvalue weighted by atomic mass is 79.9. The number of benzene rings is 1. The highest BCUT2D eigenvalue weighted by Gasteiger charge is 2.13. The summed E-state index contributed by atoms with van der Waals surface area (Å²) in [5, 5.41) is 3.81. The zero-order valence-corrected chi connectivity index (χ0v) is 13.6. The summed E-state index contributed by atoms with van der Waals surface area (Å²) in [6, 6.07) is 5.65. The number of fused-ring (bicyclic) bond motifs is 1. The first kappa shape index (κ1) is 15.4. The van der Waals surface area contributed by atoms with Gasteiger partial charge in [0, 0.05) is 31.0 Å². The number of nitrogens with zero attached hydrogens (tertiary/aromatic N) is 2. The molecule has 0 radical (unpaired) electrons. The van der Waals surface area contributed by atoms with Gasteiger partial charge in [-0.15, -0.1) is 0 Å². The van der Waals surface area contributed by atoms with Gasteiger partial charge in [0.05, 0.1) is 15.7 Å². The first-order chi connectivity index (χ1) is 11.0. The first-order valence-electron chi connectivity index (χ1n) is 6.66. The maximum absolute atomic E-state index is 13.7. The molecule has 2 heterocycles. The summed E-state index contributed by atoms with van der Waals surface area (Å²) in [4.78, 5) is 28.1. The van der Waals surface area contributed by atoms with Crippen LogP contribution in [0.25, 0.3) is 10.8 Å². The predicted molar refractivity (Wildman–Crippen MR) is 89.0 cm³/mol. The fourth-order valence-corrected chi connectivity index (χ4v) is 2.83. The zero-order chi connectivity index (χ0) is 16.6. The normalized spacial score (nSPS) is 10.7. The fourth-order valence-electron chi connectivity index (χ4n) is 2.30. The molecule has 1 N–H and O–H groups in total. The monoisotopic (exact) mass is 375 g/mol. The molecule has 0 saturated carbocycles. The summed E-state index contributed by atoms with van der Waals surface area (Å²) in [6.07, 6.45) is 4.53. The van der Waals surface area contributed by atoms with Crippen LogP contribution in [0, 0.1) is 5.82 Å². The summed E-state index contributed by atoms with van der Waals surface area (Å²) in [6.45, 7) is 0. The highest BCUT2D eigenvalue weighted by molar-refractivity contribution is 9.10. The number of carbonyl (C=O) groups excluding carboxylic acids is 1. The standard InChI is InChI=1S/C16H11BrFN3O2/c1-21-8-11(6-14(17)16(21)23)20-15(22)13-5-10(18)4-9-7-19-3-2-12(9)13/h2-8H,1H3,(H,20,22). The van der Waals surface area contributed by atoms with Crippen molar-refractivity contribution in [3.05, 3.63) is 69.1 Å². The van der Waals surface area contributed by atoms with Crippen LogP contribution in [0.1, 0.15) is 10.4 Å². The molecule has 2 aromatic heterocycles. The van der Waals surface area contributed by atoms with E-state index in [-0.39, 0.29) is 11.1 Å². The van der Waals surface area contributed by atoms with Crippen molar-refractivity contribution in [2.75, 3.05) is 5.32 Å². The smallest absolute Gasteiger partial charge is 0.264 e. The number of rotatable bonds is 2. The lowest BCUT2D eigenvalue weighted by Gasteiger charge is -2.10. The van der Waals surface area contributed by atoms with Crippen molar-refractivity contribution >= 4 is 38.3 Å². The van der Waals surface area contributed by atoms with Crippen molar-refractivity contribution < 1.29 is 9.18 Å². The topological polar surface area (TPSA) is 64.0 Å². The second-order valence-corrected chi connectivity index (χ2v) is 5.85. The van der Waals surface area contributed by atoms with E-state index in [1.165, 1.54) is 35.2 Å². The van der Waals surface area contributed by atoms with Crippen molar-refractivity contribution in [2.24, 2.45) is 7.05 Å². The number of amides is 1. The van der Waals surface area contributed by atoms with E-state index in [0.717, 1.165) is 0 Å². The van der Waals surface area contributed by atoms with Gasteiger partial charge in [0.1, 0.15) is 5.82 Å². The maximum atomic E-state index is 13.7. The van der Waals surface area contributed by atoms with E-state index >= 15 is 0 Å². The summed E-state index contributed by atoms with van der Waals surface area (Å²) in [7, 11) is 1.58. The summed E-state index contributed by atoms with van der Waals surface area (Å²) >= 11 is 3.14. The molecule has 3 rings (SSSR count). The molecule has 23 heavy (non-hydrogen) atoms. The molecule has 0 spiro atoms. The quantitative estimate of drug-likeness (QED) is 0.748. The first-order valence-corrected chi connectivity index (χ1v) is 7.46. The molecule has 0 aliphatic heterocycles. The van der Waals surface area contributed by atoms with Gasteiger partial charge in [-0.2, -0.15) is 0 Å². The van der Waals surface area contributed by atoms with Crippen LogP contribution in [-0.4, -0.2) is 15.5 Å². The summed E-state index contributed by atoms with van der Waals surface area (Å²) in [5.74, 6) is -0.983. The molecule has 1 aromatic carbocycles. The van der Waals surface area contributed by atoms with E-state index in [0.29, 0.717) is 20.9 Å². The molecule has 116 valence electrons. The van der Waals surface area contributed by atoms with E-state index in [2.05, 4.69) is 26.2 Å². The Labute approximate surface area is 138 Å². The number of nitrogens with one attached hydrogen (secondary N) is 1. The van der Waals surface area contributed by atoms with Crippen LogP contribution in [0.4, 0.5) is 10.1 Å². The van der Waals surface area contributed by atoms with Gasteiger partial charge in [-0.25, -0.2) is 4.39 Å². The molecule has 0 saturated heterocycles. The van der Waals surface area contributed by atoms with Crippen molar-refractivity contribution in [2.45, 2.75) is 0 Å². The Bertz CT molecular complexity index is 958. The molecule has 5 nitrogen and oxygen atoms in total. The Balaban J connectivity index is 2.03. The van der Waals surface area contributed by atoms with Crippen LogP contribution in [0.15, 0.2) is 52.1 Å². The molecule has 1 amide bonds. The molecule has 0 fully saturated rings.